The van der Waals surface area contributed by atoms with Crippen LogP contribution < -0.4 is 18.9 Å². The van der Waals surface area contributed by atoms with Crippen molar-refractivity contribution in [2.75, 3.05) is 14.2 Å². The maximum absolute atomic E-state index is 6.19. The first-order valence-corrected chi connectivity index (χ1v) is 8.22. The molecule has 6 nitrogen and oxygen atoms in total. The second kappa shape index (κ2) is 8.12. The molecule has 3 rings (SSSR count). The van der Waals surface area contributed by atoms with E-state index < -0.39 is 0 Å². The third-order valence-electron chi connectivity index (χ3n) is 3.31. The molecule has 0 unspecified atom stereocenters. The maximum atomic E-state index is 6.19. The molecule has 3 aromatic rings. The first-order chi connectivity index (χ1) is 12.6. The van der Waals surface area contributed by atoms with Gasteiger partial charge in [0.1, 0.15) is 11.5 Å². The average Bonchev–Trinajstić information content (AvgIpc) is 2.65. The molecule has 0 saturated carbocycles. The van der Waals surface area contributed by atoms with Gasteiger partial charge in [-0.05, 0) is 36.4 Å². The van der Waals surface area contributed by atoms with E-state index in [1.54, 1.807) is 49.6 Å². The topological polar surface area (TPSA) is 62.7 Å². The highest BCUT2D eigenvalue weighted by atomic mass is 35.5. The van der Waals surface area contributed by atoms with Crippen LogP contribution in [0.15, 0.2) is 48.5 Å². The summed E-state index contributed by atoms with van der Waals surface area (Å²) >= 11 is 12.4. The Kier molecular flexibility index (Phi) is 5.65. The Balaban J connectivity index is 1.83. The number of nitrogens with zero attached hydrogens (tertiary/aromatic N) is 2. The number of aromatic nitrogens is 2. The zero-order chi connectivity index (χ0) is 18.5. The molecule has 0 aliphatic heterocycles. The Morgan fingerprint density at radius 1 is 0.692 bits per heavy atom. The molecule has 8 heteroatoms. The molecule has 0 spiro atoms. The van der Waals surface area contributed by atoms with Crippen LogP contribution in [0, 0.1) is 0 Å². The Bertz CT molecular complexity index is 881. The van der Waals surface area contributed by atoms with E-state index in [4.69, 9.17) is 42.1 Å². The molecule has 134 valence electrons. The molecule has 0 amide bonds. The fourth-order valence-corrected chi connectivity index (χ4v) is 2.52. The molecule has 0 atom stereocenters. The number of halogens is 2. The van der Waals surface area contributed by atoms with E-state index in [9.17, 15) is 0 Å². The molecule has 0 bridgehead atoms. The van der Waals surface area contributed by atoms with Gasteiger partial charge in [0.25, 0.3) is 0 Å². The van der Waals surface area contributed by atoms with Crippen LogP contribution in [-0.4, -0.2) is 24.2 Å². The van der Waals surface area contributed by atoms with Crippen LogP contribution in [0.4, 0.5) is 0 Å². The highest BCUT2D eigenvalue weighted by Crippen LogP contribution is 2.39. The molecule has 0 fully saturated rings. The summed E-state index contributed by atoms with van der Waals surface area (Å²) in [5, 5.41) is 0.0267. The fourth-order valence-electron chi connectivity index (χ4n) is 2.07. The molecule has 0 aliphatic rings. The minimum atomic E-state index is -0.00227. The van der Waals surface area contributed by atoms with Crippen molar-refractivity contribution in [3.63, 3.8) is 0 Å². The lowest BCUT2D eigenvalue weighted by Crippen LogP contribution is -1.97. The number of rotatable bonds is 6. The van der Waals surface area contributed by atoms with Crippen molar-refractivity contribution in [1.82, 2.24) is 9.97 Å². The van der Waals surface area contributed by atoms with E-state index in [2.05, 4.69) is 9.97 Å². The summed E-state index contributed by atoms with van der Waals surface area (Å²) in [6.45, 7) is 0. The summed E-state index contributed by atoms with van der Waals surface area (Å²) in [5.41, 5.74) is 0. The predicted molar refractivity (Wildman–Crippen MR) is 98.2 cm³/mol. The SMILES string of the molecule is COc1ccc(Oc2nc(Cl)c(Oc3ccccc3OC)c(Cl)n2)cc1. The molecule has 2 aromatic carbocycles. The average molecular weight is 393 g/mol. The third kappa shape index (κ3) is 4.09. The quantitative estimate of drug-likeness (QED) is 0.524. The number of hydrogen-bond donors (Lipinski definition) is 0. The molecular weight excluding hydrogens is 379 g/mol. The smallest absolute Gasteiger partial charge is 0.325 e. The van der Waals surface area contributed by atoms with Gasteiger partial charge in [0.2, 0.25) is 5.75 Å². The monoisotopic (exact) mass is 392 g/mol. The molecule has 0 saturated heterocycles. The van der Waals surface area contributed by atoms with Gasteiger partial charge in [-0.2, -0.15) is 9.97 Å². The van der Waals surface area contributed by atoms with Crippen molar-refractivity contribution < 1.29 is 18.9 Å². The second-order valence-electron chi connectivity index (χ2n) is 4.95. The van der Waals surface area contributed by atoms with Crippen LogP contribution in [0.1, 0.15) is 0 Å². The van der Waals surface area contributed by atoms with Gasteiger partial charge in [0.15, 0.2) is 21.8 Å². The van der Waals surface area contributed by atoms with Crippen molar-refractivity contribution in [3.05, 3.63) is 58.8 Å². The summed E-state index contributed by atoms with van der Waals surface area (Å²) < 4.78 is 21.6. The maximum Gasteiger partial charge on any atom is 0.325 e. The minimum Gasteiger partial charge on any atom is -0.497 e. The van der Waals surface area contributed by atoms with Crippen LogP contribution in [0.2, 0.25) is 10.3 Å². The van der Waals surface area contributed by atoms with Crippen molar-refractivity contribution in [2.45, 2.75) is 0 Å². The number of hydrogen-bond acceptors (Lipinski definition) is 6. The molecule has 0 aliphatic carbocycles. The summed E-state index contributed by atoms with van der Waals surface area (Å²) in [4.78, 5) is 8.15. The van der Waals surface area contributed by atoms with Crippen molar-refractivity contribution in [2.24, 2.45) is 0 Å². The van der Waals surface area contributed by atoms with Crippen LogP contribution in [0.25, 0.3) is 0 Å². The summed E-state index contributed by atoms with van der Waals surface area (Å²) in [5.74, 6) is 2.29. The molecule has 1 heterocycles. The van der Waals surface area contributed by atoms with Gasteiger partial charge in [0, 0.05) is 0 Å². The van der Waals surface area contributed by atoms with E-state index in [1.807, 2.05) is 6.07 Å². The third-order valence-corrected chi connectivity index (χ3v) is 3.82. The molecular formula is C18H14Cl2N2O4. The minimum absolute atomic E-state index is 0.00227. The van der Waals surface area contributed by atoms with Gasteiger partial charge >= 0.3 is 6.01 Å². The van der Waals surface area contributed by atoms with Crippen LogP contribution >= 0.6 is 23.2 Å². The van der Waals surface area contributed by atoms with Gasteiger partial charge in [-0.3, -0.25) is 0 Å². The van der Waals surface area contributed by atoms with E-state index in [0.717, 1.165) is 0 Å². The highest BCUT2D eigenvalue weighted by molar-refractivity contribution is 6.35. The lowest BCUT2D eigenvalue weighted by Gasteiger charge is -2.12. The lowest BCUT2D eigenvalue weighted by molar-refractivity contribution is 0.376. The Morgan fingerprint density at radius 2 is 1.27 bits per heavy atom. The number of methoxy groups -OCH3 is 2. The van der Waals surface area contributed by atoms with Crippen molar-refractivity contribution >= 4 is 23.2 Å². The van der Waals surface area contributed by atoms with Gasteiger partial charge in [-0.1, -0.05) is 35.3 Å². The molecule has 26 heavy (non-hydrogen) atoms. The predicted octanol–water partition coefficient (Wildman–Crippen LogP) is 5.39. The van der Waals surface area contributed by atoms with Gasteiger partial charge < -0.3 is 18.9 Å². The second-order valence-corrected chi connectivity index (χ2v) is 5.66. The molecule has 0 radical (unpaired) electrons. The van der Waals surface area contributed by atoms with E-state index in [0.29, 0.717) is 23.0 Å². The van der Waals surface area contributed by atoms with Crippen LogP contribution in [-0.2, 0) is 0 Å². The summed E-state index contributed by atoms with van der Waals surface area (Å²) in [6.07, 6.45) is 0. The lowest BCUT2D eigenvalue weighted by atomic mass is 10.3. The zero-order valence-electron chi connectivity index (χ0n) is 13.9. The standard InChI is InChI=1S/C18H14Cl2N2O4/c1-23-11-7-9-12(10-8-11)25-18-21-16(19)15(17(20)22-18)26-14-6-4-3-5-13(14)24-2/h3-10H,1-2H3. The first-order valence-electron chi connectivity index (χ1n) is 7.46. The highest BCUT2D eigenvalue weighted by Gasteiger charge is 2.17. The molecule has 0 N–H and O–H groups in total. The zero-order valence-corrected chi connectivity index (χ0v) is 15.4. The normalized spacial score (nSPS) is 10.3. The fraction of sp³-hybridized carbons (Fsp3) is 0.111. The van der Waals surface area contributed by atoms with Crippen LogP contribution in [0.3, 0.4) is 0 Å². The van der Waals surface area contributed by atoms with E-state index >= 15 is 0 Å². The molecule has 1 aromatic heterocycles. The Morgan fingerprint density at radius 3 is 1.85 bits per heavy atom. The number of para-hydroxylation sites is 2. The van der Waals surface area contributed by atoms with E-state index in [-0.39, 0.29) is 22.1 Å². The summed E-state index contributed by atoms with van der Waals surface area (Å²) in [7, 11) is 3.12. The summed E-state index contributed by atoms with van der Waals surface area (Å²) in [6, 6.07) is 14.0. The van der Waals surface area contributed by atoms with Crippen molar-refractivity contribution in [3.8, 4) is 34.8 Å². The van der Waals surface area contributed by atoms with Gasteiger partial charge in [0.05, 0.1) is 14.2 Å². The largest absolute Gasteiger partial charge is 0.497 e. The number of benzene rings is 2. The van der Waals surface area contributed by atoms with Gasteiger partial charge in [-0.25, -0.2) is 0 Å². The Hall–Kier alpha value is -2.70. The Labute approximate surface area is 160 Å². The van der Waals surface area contributed by atoms with Crippen LogP contribution in [0.5, 0.6) is 34.8 Å². The first kappa shape index (κ1) is 18.1. The van der Waals surface area contributed by atoms with E-state index in [1.165, 1.54) is 7.11 Å². The van der Waals surface area contributed by atoms with Crippen molar-refractivity contribution in [1.29, 1.82) is 0 Å². The number of ether oxygens (including phenoxy) is 4. The van der Waals surface area contributed by atoms with Gasteiger partial charge in [-0.15, -0.1) is 0 Å².